The van der Waals surface area contributed by atoms with E-state index in [0.29, 0.717) is 5.69 Å². The number of hydrogen-bond acceptors (Lipinski definition) is 3. The molecule has 2 atom stereocenters. The molecular weight excluding hydrogens is 232 g/mol. The summed E-state index contributed by atoms with van der Waals surface area (Å²) >= 11 is 0. The predicted octanol–water partition coefficient (Wildman–Crippen LogP) is 3.07. The van der Waals surface area contributed by atoms with E-state index < -0.39 is 4.92 Å². The van der Waals surface area contributed by atoms with Crippen LogP contribution < -0.4 is 5.32 Å². The van der Waals surface area contributed by atoms with Gasteiger partial charge >= 0.3 is 0 Å². The molecule has 0 fully saturated rings. The van der Waals surface area contributed by atoms with Gasteiger partial charge < -0.3 is 5.32 Å². The van der Waals surface area contributed by atoms with Crippen LogP contribution in [0.3, 0.4) is 0 Å². The molecule has 1 aliphatic heterocycles. The number of carbonyl (C=O) groups is 1. The first-order valence-corrected chi connectivity index (χ1v) is 6.13. The number of non-ortho nitro benzene ring substituents is 1. The molecule has 5 nitrogen and oxygen atoms in total. The summed E-state index contributed by atoms with van der Waals surface area (Å²) < 4.78 is 0. The summed E-state index contributed by atoms with van der Waals surface area (Å²) in [6.45, 7) is 4.08. The highest BCUT2D eigenvalue weighted by Crippen LogP contribution is 2.40. The molecule has 1 aliphatic rings. The second kappa shape index (κ2) is 4.76. The summed E-state index contributed by atoms with van der Waals surface area (Å²) in [5, 5.41) is 13.6. The quantitative estimate of drug-likeness (QED) is 0.657. The molecule has 0 radical (unpaired) electrons. The maximum atomic E-state index is 11.9. The van der Waals surface area contributed by atoms with Crippen molar-refractivity contribution >= 4 is 17.3 Å². The maximum Gasteiger partial charge on any atom is 0.269 e. The smallest absolute Gasteiger partial charge is 0.269 e. The van der Waals surface area contributed by atoms with E-state index >= 15 is 0 Å². The van der Waals surface area contributed by atoms with Crippen molar-refractivity contribution in [2.45, 2.75) is 32.6 Å². The lowest BCUT2D eigenvalue weighted by Gasteiger charge is -2.16. The third kappa shape index (κ3) is 2.08. The van der Waals surface area contributed by atoms with E-state index in [1.807, 2.05) is 6.92 Å². The SMILES string of the molecule is CCCC(C)C1C(=O)Nc2ccc([N+](=O)[O-])cc21. The van der Waals surface area contributed by atoms with E-state index in [4.69, 9.17) is 0 Å². The first-order valence-electron chi connectivity index (χ1n) is 6.13. The van der Waals surface area contributed by atoms with Crippen LogP contribution in [0.5, 0.6) is 0 Å². The molecule has 18 heavy (non-hydrogen) atoms. The molecule has 0 aliphatic carbocycles. The Labute approximate surface area is 105 Å². The number of rotatable bonds is 4. The van der Waals surface area contributed by atoms with Gasteiger partial charge in [-0.2, -0.15) is 0 Å². The number of nitro groups is 1. The Kier molecular flexibility index (Phi) is 3.32. The van der Waals surface area contributed by atoms with Gasteiger partial charge in [0.2, 0.25) is 5.91 Å². The van der Waals surface area contributed by atoms with E-state index in [1.54, 1.807) is 6.07 Å². The number of fused-ring (bicyclic) bond motifs is 1. The van der Waals surface area contributed by atoms with Crippen molar-refractivity contribution in [2.24, 2.45) is 5.92 Å². The van der Waals surface area contributed by atoms with E-state index in [2.05, 4.69) is 12.2 Å². The second-order valence-corrected chi connectivity index (χ2v) is 4.76. The van der Waals surface area contributed by atoms with Gasteiger partial charge in [0.1, 0.15) is 0 Å². The van der Waals surface area contributed by atoms with Gasteiger partial charge in [-0.05, 0) is 24.0 Å². The summed E-state index contributed by atoms with van der Waals surface area (Å²) in [6.07, 6.45) is 1.93. The lowest BCUT2D eigenvalue weighted by molar-refractivity contribution is -0.384. The largest absolute Gasteiger partial charge is 0.325 e. The fraction of sp³-hybridized carbons (Fsp3) is 0.462. The first kappa shape index (κ1) is 12.5. The van der Waals surface area contributed by atoms with Gasteiger partial charge in [-0.1, -0.05) is 20.3 Å². The molecule has 0 bridgehead atoms. The summed E-state index contributed by atoms with van der Waals surface area (Å²) in [5.41, 5.74) is 1.51. The molecule has 0 saturated heterocycles. The molecule has 2 unspecified atom stereocenters. The van der Waals surface area contributed by atoms with Crippen LogP contribution in [0.1, 0.15) is 38.2 Å². The molecule has 2 rings (SSSR count). The van der Waals surface area contributed by atoms with Crippen molar-refractivity contribution in [3.05, 3.63) is 33.9 Å². The summed E-state index contributed by atoms with van der Waals surface area (Å²) in [5.74, 6) is -0.121. The van der Waals surface area contributed by atoms with Gasteiger partial charge in [0.15, 0.2) is 0 Å². The molecule has 0 spiro atoms. The zero-order chi connectivity index (χ0) is 13.3. The molecule has 1 amide bonds. The average Bonchev–Trinajstić information content (AvgIpc) is 2.63. The number of amides is 1. The van der Waals surface area contributed by atoms with Crippen LogP contribution in [0.2, 0.25) is 0 Å². The topological polar surface area (TPSA) is 72.2 Å². The molecule has 1 N–H and O–H groups in total. The molecule has 1 aromatic rings. The Morgan fingerprint density at radius 1 is 1.50 bits per heavy atom. The monoisotopic (exact) mass is 248 g/mol. The summed E-state index contributed by atoms with van der Waals surface area (Å²) in [4.78, 5) is 22.3. The predicted molar refractivity (Wildman–Crippen MR) is 68.5 cm³/mol. The van der Waals surface area contributed by atoms with Crippen molar-refractivity contribution < 1.29 is 9.72 Å². The van der Waals surface area contributed by atoms with Crippen molar-refractivity contribution in [3.63, 3.8) is 0 Å². The standard InChI is InChI=1S/C13H16N2O3/c1-3-4-8(2)12-10-7-9(15(17)18)5-6-11(10)14-13(12)16/h5-8,12H,3-4H2,1-2H3,(H,14,16). The minimum absolute atomic E-state index is 0.0407. The molecular formula is C13H16N2O3. The van der Waals surface area contributed by atoms with Crippen LogP contribution in [0.15, 0.2) is 18.2 Å². The number of benzene rings is 1. The van der Waals surface area contributed by atoms with Crippen LogP contribution >= 0.6 is 0 Å². The molecule has 0 saturated carbocycles. The second-order valence-electron chi connectivity index (χ2n) is 4.76. The van der Waals surface area contributed by atoms with Crippen LogP contribution in [-0.4, -0.2) is 10.8 Å². The van der Waals surface area contributed by atoms with Gasteiger partial charge in [0.05, 0.1) is 10.8 Å². The zero-order valence-corrected chi connectivity index (χ0v) is 10.5. The summed E-state index contributed by atoms with van der Waals surface area (Å²) in [6, 6.07) is 4.56. The van der Waals surface area contributed by atoms with Gasteiger partial charge in [0.25, 0.3) is 5.69 Å². The Balaban J connectivity index is 2.39. The Morgan fingerprint density at radius 2 is 2.22 bits per heavy atom. The lowest BCUT2D eigenvalue weighted by Crippen LogP contribution is -2.18. The van der Waals surface area contributed by atoms with Crippen LogP contribution in [0.25, 0.3) is 0 Å². The first-order chi connectivity index (χ1) is 8.54. The summed E-state index contributed by atoms with van der Waals surface area (Å²) in [7, 11) is 0. The zero-order valence-electron chi connectivity index (χ0n) is 10.5. The average molecular weight is 248 g/mol. The molecule has 1 heterocycles. The van der Waals surface area contributed by atoms with E-state index in [1.165, 1.54) is 12.1 Å². The number of anilines is 1. The van der Waals surface area contributed by atoms with E-state index in [0.717, 1.165) is 18.4 Å². The minimum atomic E-state index is -0.426. The molecule has 0 aromatic heterocycles. The number of nitrogens with zero attached hydrogens (tertiary/aromatic N) is 1. The van der Waals surface area contributed by atoms with Crippen molar-refractivity contribution in [1.82, 2.24) is 0 Å². The lowest BCUT2D eigenvalue weighted by atomic mass is 9.85. The highest BCUT2D eigenvalue weighted by Gasteiger charge is 2.35. The van der Waals surface area contributed by atoms with Crippen molar-refractivity contribution in [2.75, 3.05) is 5.32 Å². The number of carbonyl (C=O) groups excluding carboxylic acids is 1. The van der Waals surface area contributed by atoms with E-state index in [9.17, 15) is 14.9 Å². The Hall–Kier alpha value is -1.91. The third-order valence-corrected chi connectivity index (χ3v) is 3.43. The normalized spacial score (nSPS) is 19.2. The third-order valence-electron chi connectivity index (χ3n) is 3.43. The number of nitro benzene ring substituents is 1. The number of hydrogen-bond donors (Lipinski definition) is 1. The Bertz CT molecular complexity index is 499. The molecule has 96 valence electrons. The van der Waals surface area contributed by atoms with Gasteiger partial charge in [0, 0.05) is 17.8 Å². The van der Waals surface area contributed by atoms with Gasteiger partial charge in [-0.3, -0.25) is 14.9 Å². The molecule has 1 aromatic carbocycles. The maximum absolute atomic E-state index is 11.9. The van der Waals surface area contributed by atoms with E-state index in [-0.39, 0.29) is 23.4 Å². The highest BCUT2D eigenvalue weighted by atomic mass is 16.6. The van der Waals surface area contributed by atoms with Crippen LogP contribution in [0.4, 0.5) is 11.4 Å². The Morgan fingerprint density at radius 3 is 2.83 bits per heavy atom. The molecule has 5 heteroatoms. The number of nitrogens with one attached hydrogen (secondary N) is 1. The van der Waals surface area contributed by atoms with Crippen molar-refractivity contribution in [1.29, 1.82) is 0 Å². The fourth-order valence-corrected chi connectivity index (χ4v) is 2.57. The van der Waals surface area contributed by atoms with Gasteiger partial charge in [-0.15, -0.1) is 0 Å². The van der Waals surface area contributed by atoms with Gasteiger partial charge in [-0.25, -0.2) is 0 Å². The highest BCUT2D eigenvalue weighted by molar-refractivity contribution is 6.03. The van der Waals surface area contributed by atoms with Crippen molar-refractivity contribution in [3.8, 4) is 0 Å². The minimum Gasteiger partial charge on any atom is -0.325 e. The fourth-order valence-electron chi connectivity index (χ4n) is 2.57. The van der Waals surface area contributed by atoms with Crippen LogP contribution in [-0.2, 0) is 4.79 Å². The van der Waals surface area contributed by atoms with Crippen LogP contribution in [0, 0.1) is 16.0 Å².